The van der Waals surface area contributed by atoms with Gasteiger partial charge in [-0.25, -0.2) is 0 Å². The van der Waals surface area contributed by atoms with E-state index in [2.05, 4.69) is 5.32 Å². The summed E-state index contributed by atoms with van der Waals surface area (Å²) in [5, 5.41) is 2.85. The van der Waals surface area contributed by atoms with Gasteiger partial charge in [0.2, 0.25) is 5.91 Å². The van der Waals surface area contributed by atoms with Crippen LogP contribution in [0.4, 0.5) is 5.69 Å². The molecule has 2 aromatic carbocycles. The minimum Gasteiger partial charge on any atom is -0.491 e. The first-order valence-electron chi connectivity index (χ1n) is 9.57. The van der Waals surface area contributed by atoms with E-state index in [-0.39, 0.29) is 24.5 Å². The van der Waals surface area contributed by atoms with Gasteiger partial charge in [0.05, 0.1) is 6.10 Å². The Hall–Kier alpha value is -3.02. The standard InChI is InChI=1S/C22H26N2O4/c1-16(2)28-20-7-4-3-6-17(20)14-23-21(25)15-27-19-11-9-18(10-12-19)24-13-5-8-22(24)26/h3-4,6-7,9-12,16H,5,8,13-15H2,1-2H3,(H,23,25). The van der Waals surface area contributed by atoms with E-state index >= 15 is 0 Å². The van der Waals surface area contributed by atoms with Crippen molar-refractivity contribution in [1.29, 1.82) is 0 Å². The molecule has 1 saturated heterocycles. The number of nitrogens with zero attached hydrogens (tertiary/aromatic N) is 1. The van der Waals surface area contributed by atoms with E-state index in [1.54, 1.807) is 17.0 Å². The first-order chi connectivity index (χ1) is 13.5. The van der Waals surface area contributed by atoms with Crippen molar-refractivity contribution in [2.24, 2.45) is 0 Å². The van der Waals surface area contributed by atoms with Gasteiger partial charge < -0.3 is 19.7 Å². The van der Waals surface area contributed by atoms with Crippen LogP contribution in [0, 0.1) is 0 Å². The number of ether oxygens (including phenoxy) is 2. The van der Waals surface area contributed by atoms with Crippen molar-refractivity contribution in [3.8, 4) is 11.5 Å². The van der Waals surface area contributed by atoms with Gasteiger partial charge in [0, 0.05) is 30.8 Å². The molecule has 1 heterocycles. The maximum atomic E-state index is 12.1. The number of amides is 2. The largest absolute Gasteiger partial charge is 0.491 e. The number of nitrogens with one attached hydrogen (secondary N) is 1. The minimum absolute atomic E-state index is 0.0685. The quantitative estimate of drug-likeness (QED) is 0.761. The van der Waals surface area contributed by atoms with Crippen LogP contribution in [0.5, 0.6) is 11.5 Å². The van der Waals surface area contributed by atoms with E-state index in [9.17, 15) is 9.59 Å². The van der Waals surface area contributed by atoms with Crippen molar-refractivity contribution in [3.05, 3.63) is 54.1 Å². The van der Waals surface area contributed by atoms with Gasteiger partial charge in [-0.1, -0.05) is 18.2 Å². The Balaban J connectivity index is 1.48. The lowest BCUT2D eigenvalue weighted by atomic mass is 10.2. The highest BCUT2D eigenvalue weighted by molar-refractivity contribution is 5.95. The van der Waals surface area contributed by atoms with Crippen molar-refractivity contribution in [2.45, 2.75) is 39.3 Å². The summed E-state index contributed by atoms with van der Waals surface area (Å²) >= 11 is 0. The van der Waals surface area contributed by atoms with Crippen molar-refractivity contribution in [1.82, 2.24) is 5.32 Å². The molecule has 0 bridgehead atoms. The summed E-state index contributed by atoms with van der Waals surface area (Å²) in [6, 6.07) is 14.9. The third-order valence-corrected chi connectivity index (χ3v) is 4.40. The summed E-state index contributed by atoms with van der Waals surface area (Å²) in [6.07, 6.45) is 1.56. The first-order valence-corrected chi connectivity index (χ1v) is 9.57. The van der Waals surface area contributed by atoms with Crippen molar-refractivity contribution in [2.75, 3.05) is 18.1 Å². The van der Waals surface area contributed by atoms with Crippen molar-refractivity contribution in [3.63, 3.8) is 0 Å². The average Bonchev–Trinajstić information content (AvgIpc) is 3.11. The summed E-state index contributed by atoms with van der Waals surface area (Å²) in [7, 11) is 0. The smallest absolute Gasteiger partial charge is 0.258 e. The molecule has 0 radical (unpaired) electrons. The Bertz CT molecular complexity index is 818. The summed E-state index contributed by atoms with van der Waals surface area (Å²) in [6.45, 7) is 4.99. The number of hydrogen-bond acceptors (Lipinski definition) is 4. The number of carbonyl (C=O) groups excluding carboxylic acids is 2. The number of hydrogen-bond donors (Lipinski definition) is 1. The SMILES string of the molecule is CC(C)Oc1ccccc1CNC(=O)COc1ccc(N2CCCC2=O)cc1. The fraction of sp³-hybridized carbons (Fsp3) is 0.364. The van der Waals surface area contributed by atoms with Gasteiger partial charge in [-0.05, 0) is 50.6 Å². The first kappa shape index (κ1) is 19.7. The van der Waals surface area contributed by atoms with Crippen molar-refractivity contribution >= 4 is 17.5 Å². The normalized spacial score (nSPS) is 13.7. The third-order valence-electron chi connectivity index (χ3n) is 4.40. The predicted octanol–water partition coefficient (Wildman–Crippen LogP) is 3.30. The Morgan fingerprint density at radius 3 is 2.57 bits per heavy atom. The number of carbonyl (C=O) groups is 2. The minimum atomic E-state index is -0.210. The van der Waals surface area contributed by atoms with Gasteiger partial charge in [-0.2, -0.15) is 0 Å². The molecule has 0 aliphatic carbocycles. The van der Waals surface area contributed by atoms with E-state index in [1.807, 2.05) is 50.2 Å². The Morgan fingerprint density at radius 2 is 1.89 bits per heavy atom. The zero-order valence-electron chi connectivity index (χ0n) is 16.3. The van der Waals surface area contributed by atoms with E-state index in [4.69, 9.17) is 9.47 Å². The van der Waals surface area contributed by atoms with Crippen molar-refractivity contribution < 1.29 is 19.1 Å². The molecular weight excluding hydrogens is 356 g/mol. The topological polar surface area (TPSA) is 67.9 Å². The van der Waals surface area contributed by atoms with Crippen LogP contribution in [0.2, 0.25) is 0 Å². The highest BCUT2D eigenvalue weighted by Gasteiger charge is 2.21. The molecule has 0 saturated carbocycles. The Morgan fingerprint density at radius 1 is 1.14 bits per heavy atom. The van der Waals surface area contributed by atoms with Gasteiger partial charge in [-0.3, -0.25) is 9.59 Å². The Kier molecular flexibility index (Phi) is 6.53. The molecule has 2 aromatic rings. The number of para-hydroxylation sites is 1. The fourth-order valence-electron chi connectivity index (χ4n) is 3.06. The molecule has 1 aliphatic rings. The summed E-state index contributed by atoms with van der Waals surface area (Å²) in [5.41, 5.74) is 1.78. The predicted molar refractivity (Wildman–Crippen MR) is 108 cm³/mol. The molecule has 0 spiro atoms. The van der Waals surface area contributed by atoms with Crippen LogP contribution < -0.4 is 19.7 Å². The highest BCUT2D eigenvalue weighted by atomic mass is 16.5. The molecule has 1 N–H and O–H groups in total. The molecule has 2 amide bonds. The lowest BCUT2D eigenvalue weighted by molar-refractivity contribution is -0.123. The molecule has 148 valence electrons. The molecule has 0 unspecified atom stereocenters. The van der Waals surface area contributed by atoms with Crippen LogP contribution in [0.1, 0.15) is 32.3 Å². The van der Waals surface area contributed by atoms with Gasteiger partial charge in [-0.15, -0.1) is 0 Å². The molecule has 0 aromatic heterocycles. The number of benzene rings is 2. The molecular formula is C22H26N2O4. The van der Waals surface area contributed by atoms with Gasteiger partial charge in [0.15, 0.2) is 6.61 Å². The fourth-order valence-corrected chi connectivity index (χ4v) is 3.06. The molecule has 0 atom stereocenters. The van der Waals surface area contributed by atoms with E-state index in [0.29, 0.717) is 18.7 Å². The zero-order valence-corrected chi connectivity index (χ0v) is 16.3. The van der Waals surface area contributed by atoms with Crippen LogP contribution in [0.15, 0.2) is 48.5 Å². The second kappa shape index (κ2) is 9.26. The molecule has 3 rings (SSSR count). The highest BCUT2D eigenvalue weighted by Crippen LogP contribution is 2.24. The van der Waals surface area contributed by atoms with Crippen LogP contribution >= 0.6 is 0 Å². The van der Waals surface area contributed by atoms with E-state index < -0.39 is 0 Å². The lowest BCUT2D eigenvalue weighted by Gasteiger charge is -2.16. The lowest BCUT2D eigenvalue weighted by Crippen LogP contribution is -2.28. The van der Waals surface area contributed by atoms with Gasteiger partial charge >= 0.3 is 0 Å². The maximum absolute atomic E-state index is 12.1. The monoisotopic (exact) mass is 382 g/mol. The molecule has 1 fully saturated rings. The molecule has 28 heavy (non-hydrogen) atoms. The van der Waals surface area contributed by atoms with E-state index in [1.165, 1.54) is 0 Å². The zero-order chi connectivity index (χ0) is 19.9. The summed E-state index contributed by atoms with van der Waals surface area (Å²) in [5.74, 6) is 1.30. The Labute approximate surface area is 165 Å². The van der Waals surface area contributed by atoms with Gasteiger partial charge in [0.25, 0.3) is 5.91 Å². The van der Waals surface area contributed by atoms with Crippen LogP contribution in [-0.4, -0.2) is 31.1 Å². The average molecular weight is 382 g/mol. The molecule has 6 nitrogen and oxygen atoms in total. The molecule has 6 heteroatoms. The van der Waals surface area contributed by atoms with Crippen LogP contribution in [-0.2, 0) is 16.1 Å². The second-order valence-corrected chi connectivity index (χ2v) is 6.98. The second-order valence-electron chi connectivity index (χ2n) is 6.98. The number of rotatable bonds is 8. The molecule has 1 aliphatic heterocycles. The van der Waals surface area contributed by atoms with Crippen LogP contribution in [0.25, 0.3) is 0 Å². The summed E-state index contributed by atoms with van der Waals surface area (Å²) in [4.78, 5) is 25.7. The summed E-state index contributed by atoms with van der Waals surface area (Å²) < 4.78 is 11.3. The maximum Gasteiger partial charge on any atom is 0.258 e. The van der Waals surface area contributed by atoms with E-state index in [0.717, 1.165) is 30.0 Å². The third kappa shape index (κ3) is 5.25. The van der Waals surface area contributed by atoms with Crippen LogP contribution in [0.3, 0.4) is 0 Å². The van der Waals surface area contributed by atoms with Gasteiger partial charge in [0.1, 0.15) is 11.5 Å². The number of anilines is 1.